The van der Waals surface area contributed by atoms with Gasteiger partial charge in [-0.15, -0.1) is 0 Å². The van der Waals surface area contributed by atoms with E-state index in [0.29, 0.717) is 45.8 Å². The Hall–Kier alpha value is -3.22. The Morgan fingerprint density at radius 1 is 1.24 bits per heavy atom. The number of hydrogen-bond acceptors (Lipinski definition) is 5. The van der Waals surface area contributed by atoms with E-state index in [9.17, 15) is 9.18 Å². The number of ether oxygens (including phenoxy) is 1. The number of benzene rings is 1. The smallest absolute Gasteiger partial charge is 0.255 e. The first-order valence-electron chi connectivity index (χ1n) is 9.80. The lowest BCUT2D eigenvalue weighted by Crippen LogP contribution is -2.26. The molecule has 1 saturated carbocycles. The molecule has 4 rings (SSSR count). The number of anilines is 1. The molecule has 0 unspecified atom stereocenters. The predicted octanol–water partition coefficient (Wildman–Crippen LogP) is 4.16. The summed E-state index contributed by atoms with van der Waals surface area (Å²) in [6.45, 7) is 2.60. The van der Waals surface area contributed by atoms with Gasteiger partial charge in [-0.2, -0.15) is 0 Å². The lowest BCUT2D eigenvalue weighted by atomic mass is 10.0. The summed E-state index contributed by atoms with van der Waals surface area (Å²) in [7, 11) is 1.74. The SMILES string of the molecule is CCCOc1ccc(-c2cc3c(NC)c(C(=O)NC4CC4)cnc3cc2F)cn1. The molecular weight excluding hydrogens is 371 g/mol. The third-order valence-corrected chi connectivity index (χ3v) is 4.87. The van der Waals surface area contributed by atoms with Crippen molar-refractivity contribution in [1.29, 1.82) is 0 Å². The van der Waals surface area contributed by atoms with Gasteiger partial charge in [-0.05, 0) is 31.4 Å². The van der Waals surface area contributed by atoms with Crippen LogP contribution in [0.1, 0.15) is 36.5 Å². The number of amides is 1. The normalized spacial score (nSPS) is 13.3. The number of fused-ring (bicyclic) bond motifs is 1. The quantitative estimate of drug-likeness (QED) is 0.629. The third kappa shape index (κ3) is 3.99. The largest absolute Gasteiger partial charge is 0.478 e. The van der Waals surface area contributed by atoms with Crippen molar-refractivity contribution in [2.24, 2.45) is 0 Å². The summed E-state index contributed by atoms with van der Waals surface area (Å²) >= 11 is 0. The Kier molecular flexibility index (Phi) is 5.29. The highest BCUT2D eigenvalue weighted by Crippen LogP contribution is 2.33. The van der Waals surface area contributed by atoms with Crippen molar-refractivity contribution in [3.8, 4) is 17.0 Å². The maximum absolute atomic E-state index is 14.8. The molecule has 29 heavy (non-hydrogen) atoms. The van der Waals surface area contributed by atoms with E-state index in [4.69, 9.17) is 4.74 Å². The van der Waals surface area contributed by atoms with Gasteiger partial charge in [0, 0.05) is 54.1 Å². The topological polar surface area (TPSA) is 76.1 Å². The Labute approximate surface area is 168 Å². The molecule has 6 nitrogen and oxygen atoms in total. The average molecular weight is 394 g/mol. The number of nitrogens with zero attached hydrogens (tertiary/aromatic N) is 2. The molecule has 0 radical (unpaired) electrons. The number of pyridine rings is 2. The first-order chi connectivity index (χ1) is 14.1. The van der Waals surface area contributed by atoms with Crippen LogP contribution >= 0.6 is 0 Å². The van der Waals surface area contributed by atoms with Gasteiger partial charge in [-0.25, -0.2) is 9.37 Å². The van der Waals surface area contributed by atoms with Crippen LogP contribution in [0.15, 0.2) is 36.7 Å². The Morgan fingerprint density at radius 2 is 2.07 bits per heavy atom. The van der Waals surface area contributed by atoms with Crippen LogP contribution in [-0.4, -0.2) is 35.6 Å². The highest BCUT2D eigenvalue weighted by Gasteiger charge is 2.25. The van der Waals surface area contributed by atoms with Crippen LogP contribution in [0.4, 0.5) is 10.1 Å². The lowest BCUT2D eigenvalue weighted by Gasteiger charge is -2.14. The van der Waals surface area contributed by atoms with Crippen LogP contribution in [0.5, 0.6) is 5.88 Å². The molecule has 0 atom stereocenters. The van der Waals surface area contributed by atoms with Gasteiger partial charge >= 0.3 is 0 Å². The minimum absolute atomic E-state index is 0.170. The molecule has 1 fully saturated rings. The molecule has 0 saturated heterocycles. The van der Waals surface area contributed by atoms with Crippen LogP contribution in [0.3, 0.4) is 0 Å². The molecule has 1 aromatic carbocycles. The molecule has 1 aliphatic carbocycles. The molecule has 2 aromatic heterocycles. The van der Waals surface area contributed by atoms with E-state index < -0.39 is 5.82 Å². The second-order valence-corrected chi connectivity index (χ2v) is 7.13. The Balaban J connectivity index is 1.74. The van der Waals surface area contributed by atoms with Gasteiger partial charge < -0.3 is 15.4 Å². The van der Waals surface area contributed by atoms with Crippen molar-refractivity contribution in [1.82, 2.24) is 15.3 Å². The summed E-state index contributed by atoms with van der Waals surface area (Å²) in [5.41, 5.74) is 2.58. The number of aromatic nitrogens is 2. The van der Waals surface area contributed by atoms with E-state index in [1.807, 2.05) is 6.92 Å². The summed E-state index contributed by atoms with van der Waals surface area (Å²) in [6.07, 6.45) is 5.97. The van der Waals surface area contributed by atoms with Gasteiger partial charge in [0.1, 0.15) is 5.82 Å². The zero-order chi connectivity index (χ0) is 20.4. The number of rotatable bonds is 7. The van der Waals surface area contributed by atoms with Crippen LogP contribution in [-0.2, 0) is 0 Å². The predicted molar refractivity (Wildman–Crippen MR) is 111 cm³/mol. The van der Waals surface area contributed by atoms with E-state index >= 15 is 0 Å². The van der Waals surface area contributed by atoms with Crippen molar-refractivity contribution in [3.05, 3.63) is 48.0 Å². The molecule has 2 heterocycles. The van der Waals surface area contributed by atoms with Crippen molar-refractivity contribution in [2.75, 3.05) is 19.0 Å². The van der Waals surface area contributed by atoms with Crippen LogP contribution in [0.25, 0.3) is 22.0 Å². The molecule has 0 spiro atoms. The van der Waals surface area contributed by atoms with Gasteiger partial charge in [0.25, 0.3) is 5.91 Å². The standard InChI is InChI=1S/C22H23FN4O2/c1-3-8-29-20-7-4-13(11-26-20)15-9-16-19(10-18(15)23)25-12-17(21(16)24-2)22(28)27-14-5-6-14/h4,7,9-12,14H,3,5-6,8H2,1-2H3,(H,24,25)(H,27,28). The third-order valence-electron chi connectivity index (χ3n) is 4.87. The summed E-state index contributed by atoms with van der Waals surface area (Å²) in [6, 6.07) is 6.84. The number of halogens is 1. The minimum atomic E-state index is -0.397. The Bertz CT molecular complexity index is 1050. The number of carbonyl (C=O) groups excluding carboxylic acids is 1. The summed E-state index contributed by atoms with van der Waals surface area (Å²) in [5.74, 6) is -0.0594. The average Bonchev–Trinajstić information content (AvgIpc) is 3.55. The van der Waals surface area contributed by atoms with Gasteiger partial charge in [-0.1, -0.05) is 6.92 Å². The van der Waals surface area contributed by atoms with E-state index in [1.54, 1.807) is 31.4 Å². The molecule has 1 aliphatic rings. The van der Waals surface area contributed by atoms with Crippen LogP contribution in [0, 0.1) is 5.82 Å². The molecule has 150 valence electrons. The monoisotopic (exact) mass is 394 g/mol. The number of hydrogen-bond donors (Lipinski definition) is 2. The molecule has 2 N–H and O–H groups in total. The fraction of sp³-hybridized carbons (Fsp3) is 0.318. The van der Waals surface area contributed by atoms with E-state index in [-0.39, 0.29) is 11.9 Å². The zero-order valence-electron chi connectivity index (χ0n) is 16.5. The highest BCUT2D eigenvalue weighted by molar-refractivity contribution is 6.08. The molecule has 7 heteroatoms. The zero-order valence-corrected chi connectivity index (χ0v) is 16.5. The van der Waals surface area contributed by atoms with E-state index in [1.165, 1.54) is 12.3 Å². The van der Waals surface area contributed by atoms with Crippen LogP contribution in [0.2, 0.25) is 0 Å². The van der Waals surface area contributed by atoms with Crippen molar-refractivity contribution < 1.29 is 13.9 Å². The summed E-state index contributed by atoms with van der Waals surface area (Å²) < 4.78 is 20.3. The van der Waals surface area contributed by atoms with Crippen molar-refractivity contribution >= 4 is 22.5 Å². The minimum Gasteiger partial charge on any atom is -0.478 e. The van der Waals surface area contributed by atoms with Crippen molar-refractivity contribution in [3.63, 3.8) is 0 Å². The number of nitrogens with one attached hydrogen (secondary N) is 2. The van der Waals surface area contributed by atoms with E-state index in [2.05, 4.69) is 20.6 Å². The first-order valence-corrected chi connectivity index (χ1v) is 9.80. The fourth-order valence-electron chi connectivity index (χ4n) is 3.20. The van der Waals surface area contributed by atoms with Crippen LogP contribution < -0.4 is 15.4 Å². The van der Waals surface area contributed by atoms with E-state index in [0.717, 1.165) is 19.3 Å². The highest BCUT2D eigenvalue weighted by atomic mass is 19.1. The van der Waals surface area contributed by atoms with Gasteiger partial charge in [0.15, 0.2) is 0 Å². The molecular formula is C22H23FN4O2. The fourth-order valence-corrected chi connectivity index (χ4v) is 3.20. The first kappa shape index (κ1) is 19.1. The molecule has 1 amide bonds. The van der Waals surface area contributed by atoms with Crippen molar-refractivity contribution in [2.45, 2.75) is 32.2 Å². The second kappa shape index (κ2) is 8.03. The van der Waals surface area contributed by atoms with Gasteiger partial charge in [0.05, 0.1) is 23.4 Å². The summed E-state index contributed by atoms with van der Waals surface area (Å²) in [5, 5.41) is 6.74. The summed E-state index contributed by atoms with van der Waals surface area (Å²) in [4.78, 5) is 21.1. The second-order valence-electron chi connectivity index (χ2n) is 7.13. The van der Waals surface area contributed by atoms with Gasteiger partial charge in [0.2, 0.25) is 5.88 Å². The lowest BCUT2D eigenvalue weighted by molar-refractivity contribution is 0.0951. The maximum Gasteiger partial charge on any atom is 0.255 e. The molecule has 0 aliphatic heterocycles. The Morgan fingerprint density at radius 3 is 2.72 bits per heavy atom. The maximum atomic E-state index is 14.8. The molecule has 3 aromatic rings. The number of carbonyl (C=O) groups is 1. The van der Waals surface area contributed by atoms with Gasteiger partial charge in [-0.3, -0.25) is 9.78 Å². The molecule has 0 bridgehead atoms.